The van der Waals surface area contributed by atoms with E-state index in [-0.39, 0.29) is 11.2 Å². The van der Waals surface area contributed by atoms with Crippen molar-refractivity contribution < 1.29 is 23.8 Å². The first-order valence-corrected chi connectivity index (χ1v) is 10.1. The number of ether oxygens (including phenoxy) is 3. The lowest BCUT2D eigenvalue weighted by Crippen LogP contribution is -2.40. The standard InChI is InChI=1S/C20H24N2O5S/c1-6-26-14-9-8-13(10-15(14)27-7-2)17-16(19(24)25-5)11(3)21-20-22(17)18(23)12(4)28-20/h8-10,12,17H,6-7H2,1-5H3/t12-,17-/m1/s1. The Morgan fingerprint density at radius 2 is 1.89 bits per heavy atom. The number of aliphatic imine (C=N–C) groups is 1. The van der Waals surface area contributed by atoms with Gasteiger partial charge in [0.05, 0.1) is 42.9 Å². The summed E-state index contributed by atoms with van der Waals surface area (Å²) in [5, 5.41) is 0.333. The lowest BCUT2D eigenvalue weighted by Gasteiger charge is -2.33. The maximum absolute atomic E-state index is 12.9. The molecule has 7 nitrogen and oxygen atoms in total. The zero-order valence-corrected chi connectivity index (χ0v) is 17.5. The van der Waals surface area contributed by atoms with Crippen molar-refractivity contribution >= 4 is 28.8 Å². The van der Waals surface area contributed by atoms with Crippen LogP contribution in [0.3, 0.4) is 0 Å². The molecule has 150 valence electrons. The molecule has 0 spiro atoms. The molecular weight excluding hydrogens is 380 g/mol. The third-order valence-corrected chi connectivity index (χ3v) is 5.60. The van der Waals surface area contributed by atoms with E-state index >= 15 is 0 Å². The summed E-state index contributed by atoms with van der Waals surface area (Å²) in [4.78, 5) is 31.5. The summed E-state index contributed by atoms with van der Waals surface area (Å²) in [6, 6.07) is 4.84. The largest absolute Gasteiger partial charge is 0.490 e. The molecule has 1 aromatic carbocycles. The minimum absolute atomic E-state index is 0.0884. The van der Waals surface area contributed by atoms with Crippen molar-refractivity contribution in [3.63, 3.8) is 0 Å². The molecular formula is C20H24N2O5S. The van der Waals surface area contributed by atoms with Crippen molar-refractivity contribution in [1.82, 2.24) is 4.90 Å². The molecule has 1 saturated heterocycles. The number of methoxy groups -OCH3 is 1. The van der Waals surface area contributed by atoms with Gasteiger partial charge in [-0.1, -0.05) is 17.8 Å². The Morgan fingerprint density at radius 3 is 2.54 bits per heavy atom. The van der Waals surface area contributed by atoms with Crippen LogP contribution >= 0.6 is 11.8 Å². The summed E-state index contributed by atoms with van der Waals surface area (Å²) < 4.78 is 16.4. The van der Waals surface area contributed by atoms with Gasteiger partial charge in [-0.25, -0.2) is 9.79 Å². The van der Waals surface area contributed by atoms with Crippen LogP contribution in [0, 0.1) is 0 Å². The van der Waals surface area contributed by atoms with Gasteiger partial charge in [-0.3, -0.25) is 9.69 Å². The number of rotatable bonds is 6. The predicted octanol–water partition coefficient (Wildman–Crippen LogP) is 3.31. The molecule has 1 fully saturated rings. The van der Waals surface area contributed by atoms with Crippen molar-refractivity contribution in [2.75, 3.05) is 20.3 Å². The summed E-state index contributed by atoms with van der Waals surface area (Å²) in [6.07, 6.45) is 0. The van der Waals surface area contributed by atoms with Crippen LogP contribution in [0.5, 0.6) is 11.5 Å². The average molecular weight is 404 g/mol. The molecule has 2 heterocycles. The van der Waals surface area contributed by atoms with Gasteiger partial charge in [-0.2, -0.15) is 0 Å². The number of thioether (sulfide) groups is 1. The summed E-state index contributed by atoms with van der Waals surface area (Å²) in [5.41, 5.74) is 1.63. The fourth-order valence-electron chi connectivity index (χ4n) is 3.33. The van der Waals surface area contributed by atoms with Crippen molar-refractivity contribution in [2.24, 2.45) is 4.99 Å². The molecule has 8 heteroatoms. The number of nitrogens with zero attached hydrogens (tertiary/aromatic N) is 2. The van der Waals surface area contributed by atoms with Gasteiger partial charge in [0.25, 0.3) is 0 Å². The second-order valence-electron chi connectivity index (χ2n) is 6.33. The van der Waals surface area contributed by atoms with Crippen LogP contribution in [0.2, 0.25) is 0 Å². The molecule has 0 saturated carbocycles. The van der Waals surface area contributed by atoms with Crippen LogP contribution in [-0.4, -0.2) is 47.5 Å². The highest BCUT2D eigenvalue weighted by atomic mass is 32.2. The number of hydrogen-bond acceptors (Lipinski definition) is 7. The smallest absolute Gasteiger partial charge is 0.338 e. The van der Waals surface area contributed by atoms with Crippen molar-refractivity contribution in [3.8, 4) is 11.5 Å². The Kier molecular flexibility index (Phi) is 5.98. The highest BCUT2D eigenvalue weighted by molar-refractivity contribution is 8.15. The van der Waals surface area contributed by atoms with Crippen LogP contribution in [0.15, 0.2) is 34.5 Å². The van der Waals surface area contributed by atoms with Crippen molar-refractivity contribution in [3.05, 3.63) is 35.0 Å². The third kappa shape index (κ3) is 3.48. The first-order chi connectivity index (χ1) is 13.4. The Balaban J connectivity index is 2.15. The van der Waals surface area contributed by atoms with E-state index in [0.29, 0.717) is 41.2 Å². The van der Waals surface area contributed by atoms with E-state index in [9.17, 15) is 9.59 Å². The Labute approximate surface area is 168 Å². The van der Waals surface area contributed by atoms with Gasteiger partial charge >= 0.3 is 5.97 Å². The maximum atomic E-state index is 12.9. The summed E-state index contributed by atoms with van der Waals surface area (Å²) in [6.45, 7) is 8.36. The van der Waals surface area contributed by atoms with E-state index in [2.05, 4.69) is 4.99 Å². The molecule has 0 bridgehead atoms. The highest BCUT2D eigenvalue weighted by Gasteiger charge is 2.46. The number of amides is 1. The first-order valence-electron chi connectivity index (χ1n) is 9.19. The zero-order chi connectivity index (χ0) is 20.4. The van der Waals surface area contributed by atoms with Gasteiger partial charge in [0, 0.05) is 0 Å². The number of carbonyl (C=O) groups excluding carboxylic acids is 2. The predicted molar refractivity (Wildman–Crippen MR) is 108 cm³/mol. The van der Waals surface area contributed by atoms with Crippen molar-refractivity contribution in [2.45, 2.75) is 39.0 Å². The minimum Gasteiger partial charge on any atom is -0.490 e. The van der Waals surface area contributed by atoms with E-state index in [1.165, 1.54) is 18.9 Å². The maximum Gasteiger partial charge on any atom is 0.338 e. The average Bonchev–Trinajstić information content (AvgIpc) is 2.95. The molecule has 28 heavy (non-hydrogen) atoms. The number of amidine groups is 1. The van der Waals surface area contributed by atoms with Gasteiger partial charge in [0.2, 0.25) is 5.91 Å². The van der Waals surface area contributed by atoms with Gasteiger partial charge in [-0.15, -0.1) is 0 Å². The van der Waals surface area contributed by atoms with Crippen LogP contribution in [0.1, 0.15) is 39.3 Å². The van der Waals surface area contributed by atoms with E-state index in [0.717, 1.165) is 5.56 Å². The molecule has 1 amide bonds. The quantitative estimate of drug-likeness (QED) is 0.677. The molecule has 0 radical (unpaired) electrons. The van der Waals surface area contributed by atoms with Crippen LogP contribution in [-0.2, 0) is 14.3 Å². The monoisotopic (exact) mass is 404 g/mol. The number of benzene rings is 1. The Hall–Kier alpha value is -2.48. The van der Waals surface area contributed by atoms with Gasteiger partial charge in [0.1, 0.15) is 0 Å². The van der Waals surface area contributed by atoms with E-state index < -0.39 is 12.0 Å². The van der Waals surface area contributed by atoms with Crippen LogP contribution < -0.4 is 9.47 Å². The fourth-order valence-corrected chi connectivity index (χ4v) is 4.36. The zero-order valence-electron chi connectivity index (χ0n) is 16.6. The number of carbonyl (C=O) groups is 2. The first kappa shape index (κ1) is 20.3. The minimum atomic E-state index is -0.625. The molecule has 2 aliphatic rings. The molecule has 0 aromatic heterocycles. The molecule has 1 aromatic rings. The lowest BCUT2D eigenvalue weighted by molar-refractivity contribution is -0.137. The van der Waals surface area contributed by atoms with E-state index in [4.69, 9.17) is 14.2 Å². The van der Waals surface area contributed by atoms with Crippen molar-refractivity contribution in [1.29, 1.82) is 0 Å². The number of allylic oxidation sites excluding steroid dienone is 1. The Morgan fingerprint density at radius 1 is 1.21 bits per heavy atom. The third-order valence-electron chi connectivity index (χ3n) is 4.55. The van der Waals surface area contributed by atoms with E-state index in [1.807, 2.05) is 32.9 Å². The molecule has 0 unspecified atom stereocenters. The second kappa shape index (κ2) is 8.26. The lowest BCUT2D eigenvalue weighted by atomic mass is 9.94. The van der Waals surface area contributed by atoms with Gasteiger partial charge in [-0.05, 0) is 45.4 Å². The SMILES string of the molecule is CCOc1ccc([C@@H]2C(C(=O)OC)=C(C)N=C3S[C@H](C)C(=O)N32)cc1OCC. The number of hydrogen-bond donors (Lipinski definition) is 0. The summed E-state index contributed by atoms with van der Waals surface area (Å²) in [7, 11) is 1.33. The molecule has 0 N–H and O–H groups in total. The molecule has 0 aliphatic carbocycles. The fraction of sp³-hybridized carbons (Fsp3) is 0.450. The van der Waals surface area contributed by atoms with Crippen LogP contribution in [0.25, 0.3) is 0 Å². The normalized spacial score (nSPS) is 21.4. The molecule has 3 rings (SSSR count). The van der Waals surface area contributed by atoms with E-state index in [1.54, 1.807) is 17.9 Å². The second-order valence-corrected chi connectivity index (χ2v) is 7.64. The summed E-state index contributed by atoms with van der Waals surface area (Å²) >= 11 is 1.39. The number of esters is 1. The molecule has 2 atom stereocenters. The van der Waals surface area contributed by atoms with Gasteiger partial charge in [0.15, 0.2) is 16.7 Å². The highest BCUT2D eigenvalue weighted by Crippen LogP contribution is 2.44. The number of fused-ring (bicyclic) bond motifs is 1. The topological polar surface area (TPSA) is 77.4 Å². The summed E-state index contributed by atoms with van der Waals surface area (Å²) in [5.74, 6) is 0.595. The van der Waals surface area contributed by atoms with Crippen LogP contribution in [0.4, 0.5) is 0 Å². The molecule has 2 aliphatic heterocycles. The Bertz CT molecular complexity index is 864. The van der Waals surface area contributed by atoms with Gasteiger partial charge < -0.3 is 14.2 Å².